The quantitative estimate of drug-likeness (QED) is 0.815. The molecule has 0 aromatic heterocycles. The smallest absolute Gasteiger partial charge is 0.224 e. The molecule has 2 rings (SSSR count). The Hall–Kier alpha value is -2.09. The van der Waals surface area contributed by atoms with Crippen molar-refractivity contribution in [1.82, 2.24) is 0 Å². The van der Waals surface area contributed by atoms with E-state index < -0.39 is 0 Å². The third kappa shape index (κ3) is 5.24. The standard InChI is InChI=1S/C21H27NO/c1-14-6-7-18(5)20(12-14)22-21(23)13-17(4)11-19-9-15(2)8-16(3)10-19/h6-10,12,17H,11,13H2,1-5H3,(H,22,23)/t17-/m1/s1. The topological polar surface area (TPSA) is 29.1 Å². The normalized spacial score (nSPS) is 12.0. The molecule has 2 aromatic rings. The third-order valence-corrected chi connectivity index (χ3v) is 4.07. The highest BCUT2D eigenvalue weighted by Crippen LogP contribution is 2.19. The van der Waals surface area contributed by atoms with Gasteiger partial charge in [-0.3, -0.25) is 4.79 Å². The third-order valence-electron chi connectivity index (χ3n) is 4.07. The fourth-order valence-electron chi connectivity index (χ4n) is 3.05. The van der Waals surface area contributed by atoms with E-state index in [1.807, 2.05) is 26.0 Å². The maximum absolute atomic E-state index is 12.3. The van der Waals surface area contributed by atoms with Crippen LogP contribution in [0.25, 0.3) is 0 Å². The lowest BCUT2D eigenvalue weighted by Gasteiger charge is -2.14. The summed E-state index contributed by atoms with van der Waals surface area (Å²) in [5.74, 6) is 0.414. The Bertz CT molecular complexity index is 683. The molecular formula is C21H27NO. The minimum atomic E-state index is 0.0931. The van der Waals surface area contributed by atoms with Gasteiger partial charge in [-0.05, 0) is 62.8 Å². The van der Waals surface area contributed by atoms with Gasteiger partial charge in [-0.1, -0.05) is 48.4 Å². The van der Waals surface area contributed by atoms with E-state index in [2.05, 4.69) is 50.4 Å². The fourth-order valence-corrected chi connectivity index (χ4v) is 3.05. The first-order valence-corrected chi connectivity index (χ1v) is 8.28. The molecule has 2 nitrogen and oxygen atoms in total. The van der Waals surface area contributed by atoms with E-state index in [1.165, 1.54) is 16.7 Å². The van der Waals surface area contributed by atoms with Gasteiger partial charge in [0.25, 0.3) is 0 Å². The number of anilines is 1. The van der Waals surface area contributed by atoms with Crippen LogP contribution in [-0.4, -0.2) is 5.91 Å². The summed E-state index contributed by atoms with van der Waals surface area (Å²) in [6.07, 6.45) is 1.48. The van der Waals surface area contributed by atoms with Gasteiger partial charge in [0.05, 0.1) is 0 Å². The largest absolute Gasteiger partial charge is 0.326 e. The maximum Gasteiger partial charge on any atom is 0.224 e. The van der Waals surface area contributed by atoms with E-state index in [9.17, 15) is 4.79 Å². The summed E-state index contributed by atoms with van der Waals surface area (Å²) in [6.45, 7) is 10.4. The van der Waals surface area contributed by atoms with Crippen LogP contribution in [0.3, 0.4) is 0 Å². The van der Waals surface area contributed by atoms with Crippen molar-refractivity contribution in [1.29, 1.82) is 0 Å². The van der Waals surface area contributed by atoms with Crippen molar-refractivity contribution in [2.24, 2.45) is 5.92 Å². The summed E-state index contributed by atoms with van der Waals surface area (Å²) in [4.78, 5) is 12.3. The van der Waals surface area contributed by atoms with Crippen LogP contribution in [0.1, 0.15) is 41.2 Å². The molecule has 0 unspecified atom stereocenters. The number of benzene rings is 2. The molecule has 1 N–H and O–H groups in total. The number of rotatable bonds is 5. The molecule has 1 atom stereocenters. The lowest BCUT2D eigenvalue weighted by Crippen LogP contribution is -2.17. The van der Waals surface area contributed by atoms with Crippen molar-refractivity contribution in [3.8, 4) is 0 Å². The molecule has 0 saturated heterocycles. The highest BCUT2D eigenvalue weighted by atomic mass is 16.1. The van der Waals surface area contributed by atoms with Crippen LogP contribution in [0.15, 0.2) is 36.4 Å². The summed E-state index contributed by atoms with van der Waals surface area (Å²) in [7, 11) is 0. The Labute approximate surface area is 139 Å². The van der Waals surface area contributed by atoms with Gasteiger partial charge in [-0.2, -0.15) is 0 Å². The molecule has 0 radical (unpaired) electrons. The van der Waals surface area contributed by atoms with Crippen LogP contribution in [0.4, 0.5) is 5.69 Å². The molecule has 0 aliphatic heterocycles. The first-order chi connectivity index (χ1) is 10.8. The van der Waals surface area contributed by atoms with Gasteiger partial charge in [-0.15, -0.1) is 0 Å². The number of aryl methyl sites for hydroxylation is 4. The van der Waals surface area contributed by atoms with Crippen LogP contribution >= 0.6 is 0 Å². The van der Waals surface area contributed by atoms with E-state index in [1.54, 1.807) is 0 Å². The summed E-state index contributed by atoms with van der Waals surface area (Å²) in [6, 6.07) is 12.7. The predicted octanol–water partition coefficient (Wildman–Crippen LogP) is 5.13. The molecule has 0 aliphatic rings. The molecule has 0 fully saturated rings. The van der Waals surface area contributed by atoms with Crippen molar-refractivity contribution in [3.05, 3.63) is 64.2 Å². The fraction of sp³-hybridized carbons (Fsp3) is 0.381. The monoisotopic (exact) mass is 309 g/mol. The molecule has 0 spiro atoms. The number of hydrogen-bond donors (Lipinski definition) is 1. The zero-order chi connectivity index (χ0) is 17.0. The Morgan fingerprint density at radius 3 is 2.26 bits per heavy atom. The molecule has 0 heterocycles. The maximum atomic E-state index is 12.3. The van der Waals surface area contributed by atoms with Crippen LogP contribution in [0, 0.1) is 33.6 Å². The molecule has 0 aliphatic carbocycles. The first-order valence-electron chi connectivity index (χ1n) is 8.28. The van der Waals surface area contributed by atoms with E-state index >= 15 is 0 Å². The lowest BCUT2D eigenvalue weighted by atomic mass is 9.95. The van der Waals surface area contributed by atoms with Gasteiger partial charge in [0, 0.05) is 12.1 Å². The van der Waals surface area contributed by atoms with Gasteiger partial charge in [0.2, 0.25) is 5.91 Å². The van der Waals surface area contributed by atoms with Gasteiger partial charge >= 0.3 is 0 Å². The molecular weight excluding hydrogens is 282 g/mol. The number of amides is 1. The second-order valence-electron chi connectivity index (χ2n) is 6.88. The number of carbonyl (C=O) groups is 1. The Balaban J connectivity index is 1.95. The van der Waals surface area contributed by atoms with Crippen molar-refractivity contribution in [2.75, 3.05) is 5.32 Å². The average molecular weight is 309 g/mol. The number of hydrogen-bond acceptors (Lipinski definition) is 1. The molecule has 1 amide bonds. The SMILES string of the molecule is Cc1cc(C)cc(C[C@@H](C)CC(=O)Nc2cc(C)ccc2C)c1. The molecule has 0 saturated carbocycles. The van der Waals surface area contributed by atoms with Crippen LogP contribution < -0.4 is 5.32 Å². The zero-order valence-electron chi connectivity index (χ0n) is 14.9. The Morgan fingerprint density at radius 2 is 1.61 bits per heavy atom. The van der Waals surface area contributed by atoms with Gasteiger partial charge in [0.1, 0.15) is 0 Å². The average Bonchev–Trinajstić information content (AvgIpc) is 2.41. The van der Waals surface area contributed by atoms with E-state index in [4.69, 9.17) is 0 Å². The number of nitrogens with one attached hydrogen (secondary N) is 1. The van der Waals surface area contributed by atoms with Crippen molar-refractivity contribution < 1.29 is 4.79 Å². The summed E-state index contributed by atoms with van der Waals surface area (Å²) in [5.41, 5.74) is 7.07. The van der Waals surface area contributed by atoms with Gasteiger partial charge in [0.15, 0.2) is 0 Å². The number of carbonyl (C=O) groups excluding carboxylic acids is 1. The van der Waals surface area contributed by atoms with Crippen LogP contribution in [-0.2, 0) is 11.2 Å². The Kier molecular flexibility index (Phi) is 5.59. The van der Waals surface area contributed by atoms with Gasteiger partial charge in [-0.25, -0.2) is 0 Å². The van der Waals surface area contributed by atoms with Crippen molar-refractivity contribution >= 4 is 11.6 Å². The first kappa shape index (κ1) is 17.3. The van der Waals surface area contributed by atoms with E-state index in [0.29, 0.717) is 12.3 Å². The zero-order valence-corrected chi connectivity index (χ0v) is 14.9. The van der Waals surface area contributed by atoms with Gasteiger partial charge < -0.3 is 5.32 Å². The summed E-state index contributed by atoms with van der Waals surface area (Å²) in [5, 5.41) is 3.05. The minimum absolute atomic E-state index is 0.0931. The van der Waals surface area contributed by atoms with E-state index in [0.717, 1.165) is 23.2 Å². The molecule has 23 heavy (non-hydrogen) atoms. The molecule has 2 aromatic carbocycles. The molecule has 0 bridgehead atoms. The predicted molar refractivity (Wildman–Crippen MR) is 97.9 cm³/mol. The second-order valence-corrected chi connectivity index (χ2v) is 6.88. The second kappa shape index (κ2) is 7.45. The minimum Gasteiger partial charge on any atom is -0.326 e. The van der Waals surface area contributed by atoms with Crippen LogP contribution in [0.5, 0.6) is 0 Å². The highest BCUT2D eigenvalue weighted by molar-refractivity contribution is 5.91. The Morgan fingerprint density at radius 1 is 0.957 bits per heavy atom. The van der Waals surface area contributed by atoms with Crippen LogP contribution in [0.2, 0.25) is 0 Å². The van der Waals surface area contributed by atoms with Crippen molar-refractivity contribution in [3.63, 3.8) is 0 Å². The molecule has 2 heteroatoms. The lowest BCUT2D eigenvalue weighted by molar-refractivity contribution is -0.116. The summed E-state index contributed by atoms with van der Waals surface area (Å²) >= 11 is 0. The highest BCUT2D eigenvalue weighted by Gasteiger charge is 2.12. The summed E-state index contributed by atoms with van der Waals surface area (Å²) < 4.78 is 0. The van der Waals surface area contributed by atoms with Crippen molar-refractivity contribution in [2.45, 2.75) is 47.5 Å². The van der Waals surface area contributed by atoms with E-state index in [-0.39, 0.29) is 5.91 Å². The molecule has 122 valence electrons.